The Balaban J connectivity index is 1.89. The Hall–Kier alpha value is -1.69. The van der Waals surface area contributed by atoms with Crippen LogP contribution >= 0.6 is 0 Å². The molecule has 6 nitrogen and oxygen atoms in total. The lowest BCUT2D eigenvalue weighted by molar-refractivity contribution is 0.0406. The summed E-state index contributed by atoms with van der Waals surface area (Å²) in [5.74, 6) is 0.201. The number of ether oxygens (including phenoxy) is 1. The summed E-state index contributed by atoms with van der Waals surface area (Å²) in [6.45, 7) is 1.59. The number of piperidine rings is 1. The fourth-order valence-electron chi connectivity index (χ4n) is 3.77. The summed E-state index contributed by atoms with van der Waals surface area (Å²) in [7, 11) is 1.36. The third-order valence-electron chi connectivity index (χ3n) is 4.86. The average molecular weight is 291 g/mol. The minimum atomic E-state index is -0.419. The van der Waals surface area contributed by atoms with E-state index in [-0.39, 0.29) is 11.5 Å². The van der Waals surface area contributed by atoms with Crippen LogP contribution in [-0.2, 0) is 4.74 Å². The normalized spacial score (nSPS) is 28.9. The quantitative estimate of drug-likeness (QED) is 0.830. The molecule has 1 aromatic heterocycles. The third kappa shape index (κ3) is 2.48. The van der Waals surface area contributed by atoms with Crippen LogP contribution in [0.5, 0.6) is 0 Å². The molecule has 2 aliphatic rings. The molecule has 0 bridgehead atoms. The smallest absolute Gasteiger partial charge is 0.343 e. The van der Waals surface area contributed by atoms with Crippen LogP contribution in [0.15, 0.2) is 12.5 Å². The number of carbonyl (C=O) groups excluding carboxylic acids is 1. The second kappa shape index (κ2) is 5.60. The molecule has 2 heterocycles. The fraction of sp³-hybridized carbons (Fsp3) is 0.667. The van der Waals surface area contributed by atoms with Crippen LogP contribution in [0.25, 0.3) is 0 Å². The number of aliphatic hydroxyl groups excluding tert-OH is 1. The molecule has 0 amide bonds. The summed E-state index contributed by atoms with van der Waals surface area (Å²) in [5, 5.41) is 10.3. The molecule has 6 heteroatoms. The van der Waals surface area contributed by atoms with Gasteiger partial charge in [-0.3, -0.25) is 0 Å². The zero-order valence-electron chi connectivity index (χ0n) is 12.3. The molecule has 1 spiro atoms. The summed E-state index contributed by atoms with van der Waals surface area (Å²) in [6, 6.07) is 0. The number of esters is 1. The zero-order chi connectivity index (χ0) is 14.9. The Morgan fingerprint density at radius 2 is 2.29 bits per heavy atom. The molecule has 1 aliphatic carbocycles. The van der Waals surface area contributed by atoms with Crippen LogP contribution < -0.4 is 4.90 Å². The van der Waals surface area contributed by atoms with Gasteiger partial charge < -0.3 is 14.7 Å². The van der Waals surface area contributed by atoms with Gasteiger partial charge in [0.1, 0.15) is 17.7 Å². The van der Waals surface area contributed by atoms with Crippen molar-refractivity contribution in [3.05, 3.63) is 18.1 Å². The van der Waals surface area contributed by atoms with Crippen molar-refractivity contribution in [2.24, 2.45) is 5.41 Å². The van der Waals surface area contributed by atoms with Crippen LogP contribution in [0.1, 0.15) is 42.5 Å². The van der Waals surface area contributed by atoms with Crippen molar-refractivity contribution in [3.8, 4) is 0 Å². The minimum absolute atomic E-state index is 0.0451. The van der Waals surface area contributed by atoms with Crippen LogP contribution in [0.2, 0.25) is 0 Å². The van der Waals surface area contributed by atoms with Gasteiger partial charge in [-0.2, -0.15) is 0 Å². The summed E-state index contributed by atoms with van der Waals surface area (Å²) < 4.78 is 4.81. The van der Waals surface area contributed by atoms with E-state index in [1.807, 2.05) is 0 Å². The van der Waals surface area contributed by atoms with E-state index in [0.717, 1.165) is 45.2 Å². The molecule has 114 valence electrons. The molecule has 0 unspecified atom stereocenters. The number of hydrogen-bond acceptors (Lipinski definition) is 6. The molecular weight excluding hydrogens is 270 g/mol. The zero-order valence-corrected chi connectivity index (χ0v) is 12.3. The predicted octanol–water partition coefficient (Wildman–Crippen LogP) is 1.39. The van der Waals surface area contributed by atoms with Crippen molar-refractivity contribution in [2.75, 3.05) is 25.1 Å². The van der Waals surface area contributed by atoms with Crippen molar-refractivity contribution in [2.45, 2.75) is 38.2 Å². The van der Waals surface area contributed by atoms with Crippen molar-refractivity contribution in [3.63, 3.8) is 0 Å². The van der Waals surface area contributed by atoms with Gasteiger partial charge in [-0.25, -0.2) is 14.8 Å². The number of nitrogens with zero attached hydrogens (tertiary/aromatic N) is 3. The van der Waals surface area contributed by atoms with Gasteiger partial charge in [-0.05, 0) is 25.7 Å². The van der Waals surface area contributed by atoms with E-state index in [9.17, 15) is 9.90 Å². The molecule has 0 aromatic carbocycles. The molecule has 2 fully saturated rings. The lowest BCUT2D eigenvalue weighted by atomic mass is 9.76. The molecule has 3 rings (SSSR count). The van der Waals surface area contributed by atoms with E-state index in [0.29, 0.717) is 11.4 Å². The molecule has 0 radical (unpaired) electrons. The van der Waals surface area contributed by atoms with Crippen LogP contribution in [0.4, 0.5) is 5.82 Å². The Labute approximate surface area is 124 Å². The van der Waals surface area contributed by atoms with E-state index in [4.69, 9.17) is 4.74 Å². The van der Waals surface area contributed by atoms with Crippen LogP contribution in [0, 0.1) is 5.41 Å². The number of aromatic nitrogens is 2. The Morgan fingerprint density at radius 3 is 3.00 bits per heavy atom. The number of rotatable bonds is 2. The Bertz CT molecular complexity index is 537. The van der Waals surface area contributed by atoms with Gasteiger partial charge in [0.15, 0.2) is 0 Å². The van der Waals surface area contributed by atoms with Gasteiger partial charge >= 0.3 is 5.97 Å². The van der Waals surface area contributed by atoms with E-state index < -0.39 is 5.97 Å². The Morgan fingerprint density at radius 1 is 1.48 bits per heavy atom. The van der Waals surface area contributed by atoms with Gasteiger partial charge in [0.05, 0.1) is 13.2 Å². The van der Waals surface area contributed by atoms with Crippen LogP contribution in [0.3, 0.4) is 0 Å². The number of methoxy groups -OCH3 is 1. The highest BCUT2D eigenvalue weighted by atomic mass is 16.5. The van der Waals surface area contributed by atoms with E-state index >= 15 is 0 Å². The predicted molar refractivity (Wildman–Crippen MR) is 77.1 cm³/mol. The summed E-state index contributed by atoms with van der Waals surface area (Å²) in [5.41, 5.74) is 0.348. The monoisotopic (exact) mass is 291 g/mol. The van der Waals surface area contributed by atoms with Crippen molar-refractivity contribution in [1.29, 1.82) is 0 Å². The van der Waals surface area contributed by atoms with Gasteiger partial charge in [0, 0.05) is 24.7 Å². The first-order valence-corrected chi connectivity index (χ1v) is 7.48. The molecule has 1 saturated heterocycles. The molecule has 1 aromatic rings. The number of anilines is 1. The third-order valence-corrected chi connectivity index (χ3v) is 4.86. The van der Waals surface area contributed by atoms with Gasteiger partial charge in [0.2, 0.25) is 0 Å². The maximum absolute atomic E-state index is 11.9. The largest absolute Gasteiger partial charge is 0.465 e. The van der Waals surface area contributed by atoms with E-state index in [1.165, 1.54) is 19.6 Å². The molecule has 21 heavy (non-hydrogen) atoms. The SMILES string of the molecule is COC(=O)c1cncnc1N1CCC[C@]2(CCC[C@H]2O)C1. The van der Waals surface area contributed by atoms with E-state index in [2.05, 4.69) is 14.9 Å². The first kappa shape index (κ1) is 14.3. The second-order valence-corrected chi connectivity index (χ2v) is 6.05. The highest BCUT2D eigenvalue weighted by Crippen LogP contribution is 2.45. The summed E-state index contributed by atoms with van der Waals surface area (Å²) in [4.78, 5) is 22.2. The number of carbonyl (C=O) groups is 1. The van der Waals surface area contributed by atoms with Gasteiger partial charge in [-0.1, -0.05) is 6.42 Å². The molecule has 1 saturated carbocycles. The number of aliphatic hydroxyl groups is 1. The maximum atomic E-state index is 11.9. The minimum Gasteiger partial charge on any atom is -0.465 e. The molecule has 2 atom stereocenters. The van der Waals surface area contributed by atoms with Gasteiger partial charge in [0.25, 0.3) is 0 Å². The lowest BCUT2D eigenvalue weighted by Crippen LogP contribution is -2.48. The highest BCUT2D eigenvalue weighted by molar-refractivity contribution is 5.94. The maximum Gasteiger partial charge on any atom is 0.343 e. The van der Waals surface area contributed by atoms with Gasteiger partial charge in [-0.15, -0.1) is 0 Å². The lowest BCUT2D eigenvalue weighted by Gasteiger charge is -2.43. The molecule has 1 N–H and O–H groups in total. The van der Waals surface area contributed by atoms with E-state index in [1.54, 1.807) is 0 Å². The van der Waals surface area contributed by atoms with Crippen LogP contribution in [-0.4, -0.2) is 47.3 Å². The number of hydrogen-bond donors (Lipinski definition) is 1. The highest BCUT2D eigenvalue weighted by Gasteiger charge is 2.45. The topological polar surface area (TPSA) is 75.5 Å². The first-order chi connectivity index (χ1) is 10.2. The fourth-order valence-corrected chi connectivity index (χ4v) is 3.77. The van der Waals surface area contributed by atoms with Crippen molar-refractivity contribution in [1.82, 2.24) is 9.97 Å². The molecule has 1 aliphatic heterocycles. The van der Waals surface area contributed by atoms with Crippen molar-refractivity contribution >= 4 is 11.8 Å². The second-order valence-electron chi connectivity index (χ2n) is 6.05. The standard InChI is InChI=1S/C15H21N3O3/c1-21-14(20)11-8-16-10-17-13(11)18-7-3-6-15(9-18)5-2-4-12(15)19/h8,10,12,19H,2-7,9H2,1H3/t12-,15-/m1/s1. The van der Waals surface area contributed by atoms with Crippen molar-refractivity contribution < 1.29 is 14.6 Å². The first-order valence-electron chi connectivity index (χ1n) is 7.48. The summed E-state index contributed by atoms with van der Waals surface area (Å²) >= 11 is 0. The summed E-state index contributed by atoms with van der Waals surface area (Å²) in [6.07, 6.45) is 7.75. The molecular formula is C15H21N3O3. The Kier molecular flexibility index (Phi) is 3.80. The average Bonchev–Trinajstić information content (AvgIpc) is 2.87.